The Hall–Kier alpha value is -0.340. The molecule has 0 atom stereocenters. The quantitative estimate of drug-likeness (QED) is 0.658. The van der Waals surface area contributed by atoms with Gasteiger partial charge in [0.2, 0.25) is 0 Å². The molecule has 0 aromatic heterocycles. The van der Waals surface area contributed by atoms with Gasteiger partial charge in [0.1, 0.15) is 0 Å². The molecule has 1 heterocycles. The molecule has 0 aromatic carbocycles. The van der Waals surface area contributed by atoms with Crippen LogP contribution in [0.5, 0.6) is 0 Å². The molecule has 0 spiro atoms. The second-order valence-corrected chi connectivity index (χ2v) is 4.07. The summed E-state index contributed by atoms with van der Waals surface area (Å²) in [7, 11) is 0. The summed E-state index contributed by atoms with van der Waals surface area (Å²) in [5.74, 6) is 0.833. The minimum Gasteiger partial charge on any atom is -0.314 e. The van der Waals surface area contributed by atoms with Crippen LogP contribution in [0.3, 0.4) is 0 Å². The van der Waals surface area contributed by atoms with Crippen molar-refractivity contribution in [2.24, 2.45) is 5.92 Å². The lowest BCUT2D eigenvalue weighted by atomic mass is 10.3. The smallest absolute Gasteiger partial charge is 0.0161 e. The minimum absolute atomic E-state index is 0.833. The molecule has 1 rings (SSSR count). The van der Waals surface area contributed by atoms with E-state index < -0.39 is 0 Å². The molecule has 0 unspecified atom stereocenters. The first kappa shape index (κ1) is 12.7. The van der Waals surface area contributed by atoms with Crippen molar-refractivity contribution >= 4 is 0 Å². The summed E-state index contributed by atoms with van der Waals surface area (Å²) in [6.45, 7) is 15.8. The van der Waals surface area contributed by atoms with Crippen LogP contribution in [0.2, 0.25) is 0 Å². The first-order valence-corrected chi connectivity index (χ1v) is 5.20. The van der Waals surface area contributed by atoms with Crippen molar-refractivity contribution < 1.29 is 0 Å². The largest absolute Gasteiger partial charge is 0.314 e. The first-order chi connectivity index (χ1) is 6.16. The third kappa shape index (κ3) is 9.57. The van der Waals surface area contributed by atoms with Crippen molar-refractivity contribution in [1.82, 2.24) is 10.2 Å². The molecule has 1 aliphatic rings. The molecule has 78 valence electrons. The number of piperazine rings is 1. The molecule has 1 saturated heterocycles. The van der Waals surface area contributed by atoms with E-state index in [0.717, 1.165) is 25.6 Å². The number of rotatable bonds is 2. The molecule has 0 saturated carbocycles. The Bertz CT molecular complexity index is 113. The van der Waals surface area contributed by atoms with Gasteiger partial charge in [0.05, 0.1) is 0 Å². The SMILES string of the molecule is C=CCN1CCNCC1.CC(C)C. The summed E-state index contributed by atoms with van der Waals surface area (Å²) < 4.78 is 0. The Balaban J connectivity index is 0.000000310. The van der Waals surface area contributed by atoms with E-state index in [4.69, 9.17) is 0 Å². The number of hydrogen-bond donors (Lipinski definition) is 1. The van der Waals surface area contributed by atoms with Gasteiger partial charge < -0.3 is 5.32 Å². The zero-order valence-electron chi connectivity index (χ0n) is 9.34. The summed E-state index contributed by atoms with van der Waals surface area (Å²) in [5, 5.41) is 3.30. The third-order valence-corrected chi connectivity index (χ3v) is 1.60. The van der Waals surface area contributed by atoms with E-state index in [0.29, 0.717) is 0 Å². The van der Waals surface area contributed by atoms with Gasteiger partial charge in [-0.1, -0.05) is 26.8 Å². The van der Waals surface area contributed by atoms with Gasteiger partial charge in [-0.05, 0) is 5.92 Å². The highest BCUT2D eigenvalue weighted by Crippen LogP contribution is 1.89. The van der Waals surface area contributed by atoms with Gasteiger partial charge in [-0.3, -0.25) is 4.90 Å². The monoisotopic (exact) mass is 184 g/mol. The van der Waals surface area contributed by atoms with Crippen LogP contribution in [0.25, 0.3) is 0 Å². The molecule has 0 radical (unpaired) electrons. The zero-order valence-corrected chi connectivity index (χ0v) is 9.34. The van der Waals surface area contributed by atoms with Crippen molar-refractivity contribution in [2.75, 3.05) is 32.7 Å². The van der Waals surface area contributed by atoms with E-state index in [1.165, 1.54) is 13.1 Å². The van der Waals surface area contributed by atoms with Crippen LogP contribution >= 0.6 is 0 Å². The molecule has 1 N–H and O–H groups in total. The molecule has 2 heteroatoms. The number of nitrogens with one attached hydrogen (secondary N) is 1. The average Bonchev–Trinajstić information content (AvgIpc) is 2.06. The van der Waals surface area contributed by atoms with Crippen LogP contribution in [-0.4, -0.2) is 37.6 Å². The van der Waals surface area contributed by atoms with E-state index >= 15 is 0 Å². The second-order valence-electron chi connectivity index (χ2n) is 4.07. The number of nitrogens with zero attached hydrogens (tertiary/aromatic N) is 1. The number of hydrogen-bond acceptors (Lipinski definition) is 2. The fraction of sp³-hybridized carbons (Fsp3) is 0.818. The maximum absolute atomic E-state index is 3.69. The summed E-state index contributed by atoms with van der Waals surface area (Å²) >= 11 is 0. The van der Waals surface area contributed by atoms with Crippen molar-refractivity contribution in [3.05, 3.63) is 12.7 Å². The van der Waals surface area contributed by atoms with Crippen LogP contribution in [-0.2, 0) is 0 Å². The van der Waals surface area contributed by atoms with Gasteiger partial charge in [-0.25, -0.2) is 0 Å². The predicted molar refractivity (Wildman–Crippen MR) is 60.0 cm³/mol. The Morgan fingerprint density at radius 2 is 1.77 bits per heavy atom. The molecule has 13 heavy (non-hydrogen) atoms. The summed E-state index contributed by atoms with van der Waals surface area (Å²) in [6, 6.07) is 0. The van der Waals surface area contributed by atoms with Crippen LogP contribution in [0, 0.1) is 5.92 Å². The van der Waals surface area contributed by atoms with E-state index in [-0.39, 0.29) is 0 Å². The molecule has 0 bridgehead atoms. The molecule has 1 fully saturated rings. The molecule has 0 aromatic rings. The lowest BCUT2D eigenvalue weighted by Crippen LogP contribution is -2.43. The van der Waals surface area contributed by atoms with Gasteiger partial charge in [0.15, 0.2) is 0 Å². The van der Waals surface area contributed by atoms with Crippen molar-refractivity contribution in [1.29, 1.82) is 0 Å². The van der Waals surface area contributed by atoms with Crippen LogP contribution in [0.15, 0.2) is 12.7 Å². The topological polar surface area (TPSA) is 15.3 Å². The van der Waals surface area contributed by atoms with E-state index in [9.17, 15) is 0 Å². The predicted octanol–water partition coefficient (Wildman–Crippen LogP) is 1.74. The molecule has 0 amide bonds. The van der Waals surface area contributed by atoms with Crippen LogP contribution in [0.4, 0.5) is 0 Å². The first-order valence-electron chi connectivity index (χ1n) is 5.20. The lowest BCUT2D eigenvalue weighted by molar-refractivity contribution is 0.265. The van der Waals surface area contributed by atoms with Crippen LogP contribution in [0.1, 0.15) is 20.8 Å². The maximum atomic E-state index is 3.69. The van der Waals surface area contributed by atoms with Crippen molar-refractivity contribution in [2.45, 2.75) is 20.8 Å². The highest BCUT2D eigenvalue weighted by molar-refractivity contribution is 4.76. The second kappa shape index (κ2) is 8.27. The Labute approximate surface area is 83.0 Å². The maximum Gasteiger partial charge on any atom is 0.0161 e. The highest BCUT2D eigenvalue weighted by atomic mass is 15.2. The van der Waals surface area contributed by atoms with Crippen molar-refractivity contribution in [3.63, 3.8) is 0 Å². The summed E-state index contributed by atoms with van der Waals surface area (Å²) in [4.78, 5) is 2.39. The zero-order chi connectivity index (χ0) is 10.1. The average molecular weight is 184 g/mol. The van der Waals surface area contributed by atoms with Gasteiger partial charge in [-0.2, -0.15) is 0 Å². The highest BCUT2D eigenvalue weighted by Gasteiger charge is 2.05. The Kier molecular flexibility index (Phi) is 8.05. The minimum atomic E-state index is 0.833. The normalized spacial score (nSPS) is 17.8. The Morgan fingerprint density at radius 1 is 1.31 bits per heavy atom. The standard InChI is InChI=1S/C7H14N2.C4H10/c1-2-5-9-6-3-8-4-7-9;1-4(2)3/h2,8H,1,3-7H2;4H,1-3H3. The molecular weight excluding hydrogens is 160 g/mol. The lowest BCUT2D eigenvalue weighted by Gasteiger charge is -2.25. The molecule has 0 aliphatic carbocycles. The molecular formula is C11H24N2. The van der Waals surface area contributed by atoms with Gasteiger partial charge >= 0.3 is 0 Å². The van der Waals surface area contributed by atoms with E-state index in [1.54, 1.807) is 0 Å². The molecule has 1 aliphatic heterocycles. The van der Waals surface area contributed by atoms with Gasteiger partial charge in [0, 0.05) is 32.7 Å². The van der Waals surface area contributed by atoms with Crippen LogP contribution < -0.4 is 5.32 Å². The van der Waals surface area contributed by atoms with Gasteiger partial charge in [0.25, 0.3) is 0 Å². The Morgan fingerprint density at radius 3 is 2.15 bits per heavy atom. The van der Waals surface area contributed by atoms with Crippen molar-refractivity contribution in [3.8, 4) is 0 Å². The fourth-order valence-corrected chi connectivity index (χ4v) is 1.08. The molecule has 2 nitrogen and oxygen atoms in total. The summed E-state index contributed by atoms with van der Waals surface area (Å²) in [5.41, 5.74) is 0. The third-order valence-electron chi connectivity index (χ3n) is 1.60. The van der Waals surface area contributed by atoms with E-state index in [2.05, 4.69) is 37.6 Å². The van der Waals surface area contributed by atoms with Gasteiger partial charge in [-0.15, -0.1) is 6.58 Å². The summed E-state index contributed by atoms with van der Waals surface area (Å²) in [6.07, 6.45) is 1.96. The fourth-order valence-electron chi connectivity index (χ4n) is 1.08. The van der Waals surface area contributed by atoms with E-state index in [1.807, 2.05) is 6.08 Å².